The third kappa shape index (κ3) is 6.45. The number of rotatable bonds is 8. The van der Waals surface area contributed by atoms with E-state index < -0.39 is 5.60 Å². The molecule has 8 heteroatoms. The van der Waals surface area contributed by atoms with Gasteiger partial charge in [0.15, 0.2) is 0 Å². The summed E-state index contributed by atoms with van der Waals surface area (Å²) < 4.78 is 11.0. The number of nitrogens with zero attached hydrogens (tertiary/aromatic N) is 4. The molecule has 1 aromatic carbocycles. The summed E-state index contributed by atoms with van der Waals surface area (Å²) >= 11 is 0. The molecule has 0 spiro atoms. The van der Waals surface area contributed by atoms with Gasteiger partial charge in [-0.3, -0.25) is 4.90 Å². The monoisotopic (exact) mass is 508 g/mol. The fourth-order valence-electron chi connectivity index (χ4n) is 5.70. The highest BCUT2D eigenvalue weighted by molar-refractivity contribution is 5.70. The van der Waals surface area contributed by atoms with E-state index in [4.69, 9.17) is 9.47 Å². The number of benzene rings is 1. The van der Waals surface area contributed by atoms with E-state index in [0.717, 1.165) is 32.4 Å². The average molecular weight is 509 g/mol. The van der Waals surface area contributed by atoms with Gasteiger partial charge in [-0.1, -0.05) is 43.0 Å². The smallest absolute Gasteiger partial charge is 0.410 e. The van der Waals surface area contributed by atoms with Crippen LogP contribution in [-0.4, -0.2) is 83.4 Å². The van der Waals surface area contributed by atoms with Gasteiger partial charge in [0.1, 0.15) is 12.2 Å². The molecule has 0 N–H and O–H groups in total. The van der Waals surface area contributed by atoms with E-state index in [1.165, 1.54) is 5.56 Å². The molecule has 1 aromatic rings. The Morgan fingerprint density at radius 3 is 2.49 bits per heavy atom. The summed E-state index contributed by atoms with van der Waals surface area (Å²) in [4.78, 5) is 31.4. The van der Waals surface area contributed by atoms with Gasteiger partial charge < -0.3 is 19.3 Å². The molecule has 0 bridgehead atoms. The molecule has 37 heavy (non-hydrogen) atoms. The number of amides is 2. The molecule has 2 unspecified atom stereocenters. The van der Waals surface area contributed by atoms with E-state index in [9.17, 15) is 14.9 Å². The normalized spacial score (nSPS) is 23.4. The zero-order valence-electron chi connectivity index (χ0n) is 22.4. The number of likely N-dealkylation sites (tertiary alicyclic amines) is 2. The Balaban J connectivity index is 1.34. The minimum Gasteiger partial charge on any atom is -0.445 e. The lowest BCUT2D eigenvalue weighted by Crippen LogP contribution is -2.72. The van der Waals surface area contributed by atoms with Crippen LogP contribution in [-0.2, 0) is 9.47 Å². The molecule has 0 radical (unpaired) electrons. The van der Waals surface area contributed by atoms with Crippen LogP contribution in [0.5, 0.6) is 0 Å². The SMILES string of the molecule is C=CCOC(=O)N(CC1CCN(C2(CC#N)CN(C(=O)OC(C)(C)C)C2)CC1)C1CC1c1ccccc1. The number of hydrogen-bond acceptors (Lipinski definition) is 6. The van der Waals surface area contributed by atoms with Gasteiger partial charge in [-0.15, -0.1) is 0 Å². The fraction of sp³-hybridized carbons (Fsp3) is 0.621. The number of hydrogen-bond donors (Lipinski definition) is 0. The van der Waals surface area contributed by atoms with Crippen molar-refractivity contribution in [2.75, 3.05) is 39.3 Å². The van der Waals surface area contributed by atoms with E-state index in [1.54, 1.807) is 11.0 Å². The predicted molar refractivity (Wildman–Crippen MR) is 141 cm³/mol. The molecular formula is C29H40N4O4. The van der Waals surface area contributed by atoms with Crippen LogP contribution in [0.15, 0.2) is 43.0 Å². The molecule has 2 aliphatic heterocycles. The van der Waals surface area contributed by atoms with Crippen molar-refractivity contribution in [1.29, 1.82) is 5.26 Å². The molecule has 1 aliphatic carbocycles. The zero-order chi connectivity index (χ0) is 26.6. The van der Waals surface area contributed by atoms with Gasteiger partial charge in [-0.25, -0.2) is 9.59 Å². The van der Waals surface area contributed by atoms with Crippen LogP contribution in [0.25, 0.3) is 0 Å². The molecule has 8 nitrogen and oxygen atoms in total. The molecule has 2 atom stereocenters. The molecular weight excluding hydrogens is 468 g/mol. The van der Waals surface area contributed by atoms with E-state index >= 15 is 0 Å². The maximum Gasteiger partial charge on any atom is 0.410 e. The van der Waals surface area contributed by atoms with E-state index in [0.29, 0.717) is 37.9 Å². The number of ether oxygens (including phenoxy) is 2. The number of carbonyl (C=O) groups is 2. The van der Waals surface area contributed by atoms with Crippen molar-refractivity contribution in [2.24, 2.45) is 5.92 Å². The van der Waals surface area contributed by atoms with Crippen LogP contribution in [0.4, 0.5) is 9.59 Å². The Kier molecular flexibility index (Phi) is 8.13. The van der Waals surface area contributed by atoms with Gasteiger partial charge >= 0.3 is 12.2 Å². The van der Waals surface area contributed by atoms with Crippen molar-refractivity contribution >= 4 is 12.2 Å². The van der Waals surface area contributed by atoms with Gasteiger partial charge in [0.2, 0.25) is 0 Å². The Hall–Kier alpha value is -3.05. The molecule has 200 valence electrons. The van der Waals surface area contributed by atoms with Crippen molar-refractivity contribution in [3.8, 4) is 6.07 Å². The Morgan fingerprint density at radius 2 is 1.89 bits per heavy atom. The summed E-state index contributed by atoms with van der Waals surface area (Å²) in [6, 6.07) is 12.9. The lowest BCUT2D eigenvalue weighted by atomic mass is 9.82. The molecule has 2 amide bonds. The molecule has 1 saturated carbocycles. The van der Waals surface area contributed by atoms with E-state index in [2.05, 4.69) is 29.7 Å². The molecule has 3 fully saturated rings. The lowest BCUT2D eigenvalue weighted by Gasteiger charge is -2.56. The van der Waals surface area contributed by atoms with E-state index in [1.807, 2.05) is 43.9 Å². The summed E-state index contributed by atoms with van der Waals surface area (Å²) in [5.74, 6) is 0.719. The minimum absolute atomic E-state index is 0.164. The van der Waals surface area contributed by atoms with Crippen LogP contribution in [0.1, 0.15) is 57.9 Å². The molecule has 2 saturated heterocycles. The van der Waals surface area contributed by atoms with Crippen LogP contribution in [0, 0.1) is 17.2 Å². The van der Waals surface area contributed by atoms with Crippen molar-refractivity contribution in [3.63, 3.8) is 0 Å². The van der Waals surface area contributed by atoms with Crippen LogP contribution < -0.4 is 0 Å². The van der Waals surface area contributed by atoms with Crippen molar-refractivity contribution in [1.82, 2.24) is 14.7 Å². The lowest BCUT2D eigenvalue weighted by molar-refractivity contribution is -0.0734. The summed E-state index contributed by atoms with van der Waals surface area (Å²) in [7, 11) is 0. The van der Waals surface area contributed by atoms with Crippen LogP contribution >= 0.6 is 0 Å². The maximum absolute atomic E-state index is 13.0. The Labute approximate surface area is 220 Å². The second-order valence-electron chi connectivity index (χ2n) is 11.7. The molecule has 3 aliphatic rings. The van der Waals surface area contributed by atoms with Crippen LogP contribution in [0.2, 0.25) is 0 Å². The number of piperidine rings is 1. The van der Waals surface area contributed by atoms with Crippen molar-refractivity contribution in [3.05, 3.63) is 48.6 Å². The average Bonchev–Trinajstić information content (AvgIpc) is 3.63. The highest BCUT2D eigenvalue weighted by Crippen LogP contribution is 2.45. The van der Waals surface area contributed by atoms with Gasteiger partial charge in [0.05, 0.1) is 18.0 Å². The molecule has 2 heterocycles. The predicted octanol–water partition coefficient (Wildman–Crippen LogP) is 4.78. The Bertz CT molecular complexity index is 1000. The fourth-order valence-corrected chi connectivity index (χ4v) is 5.70. The summed E-state index contributed by atoms with van der Waals surface area (Å²) in [6.45, 7) is 12.8. The first-order valence-corrected chi connectivity index (χ1v) is 13.3. The standard InChI is InChI=1S/C29H40N4O4/c1-5-17-36-27(35)33(25-18-24(25)23-9-7-6-8-10-23)19-22-11-15-32(16-12-22)29(13-14-30)20-31(21-29)26(34)37-28(2,3)4/h5-10,22,24-25H,1,11-13,15-21H2,2-4H3. The first-order chi connectivity index (χ1) is 17.7. The first-order valence-electron chi connectivity index (χ1n) is 13.3. The number of nitriles is 1. The largest absolute Gasteiger partial charge is 0.445 e. The maximum atomic E-state index is 13.0. The second kappa shape index (κ2) is 11.1. The third-order valence-electron chi connectivity index (χ3n) is 7.71. The highest BCUT2D eigenvalue weighted by Gasteiger charge is 2.51. The summed E-state index contributed by atoms with van der Waals surface area (Å²) in [5, 5.41) is 9.52. The minimum atomic E-state index is -0.539. The van der Waals surface area contributed by atoms with Crippen molar-refractivity contribution in [2.45, 2.75) is 69.6 Å². The number of carbonyl (C=O) groups excluding carboxylic acids is 2. The third-order valence-corrected chi connectivity index (χ3v) is 7.71. The Morgan fingerprint density at radius 1 is 1.22 bits per heavy atom. The molecule has 0 aromatic heterocycles. The first kappa shape index (κ1) is 27.0. The summed E-state index contributed by atoms with van der Waals surface area (Å²) in [5.41, 5.74) is 0.415. The highest BCUT2D eigenvalue weighted by atomic mass is 16.6. The second-order valence-corrected chi connectivity index (χ2v) is 11.7. The van der Waals surface area contributed by atoms with Gasteiger partial charge in [-0.05, 0) is 64.6 Å². The van der Waals surface area contributed by atoms with E-state index in [-0.39, 0.29) is 30.4 Å². The van der Waals surface area contributed by atoms with Gasteiger partial charge in [0, 0.05) is 31.6 Å². The van der Waals surface area contributed by atoms with Crippen molar-refractivity contribution < 1.29 is 19.1 Å². The summed E-state index contributed by atoms with van der Waals surface area (Å²) in [6.07, 6.45) is 4.24. The molecule has 4 rings (SSSR count). The topological polar surface area (TPSA) is 86.1 Å². The van der Waals surface area contributed by atoms with Gasteiger partial charge in [-0.2, -0.15) is 5.26 Å². The van der Waals surface area contributed by atoms with Crippen LogP contribution in [0.3, 0.4) is 0 Å². The zero-order valence-corrected chi connectivity index (χ0v) is 22.4. The van der Waals surface area contributed by atoms with Gasteiger partial charge in [0.25, 0.3) is 0 Å². The quantitative estimate of drug-likeness (QED) is 0.470.